The Hall–Kier alpha value is -2.40. The summed E-state index contributed by atoms with van der Waals surface area (Å²) in [5.41, 5.74) is 3.42. The molecule has 2 fully saturated rings. The maximum absolute atomic E-state index is 13.3. The van der Waals surface area contributed by atoms with E-state index in [2.05, 4.69) is 48.3 Å². The van der Waals surface area contributed by atoms with Gasteiger partial charge in [0, 0.05) is 37.9 Å². The molecule has 2 aliphatic rings. The first kappa shape index (κ1) is 21.8. The normalized spacial score (nSPS) is 26.3. The molecule has 2 aromatic carbocycles. The third kappa shape index (κ3) is 4.62. The summed E-state index contributed by atoms with van der Waals surface area (Å²) in [6.45, 7) is 8.03. The van der Waals surface area contributed by atoms with Gasteiger partial charge in [0.2, 0.25) is 5.91 Å². The van der Waals surface area contributed by atoms with Gasteiger partial charge in [-0.15, -0.1) is 0 Å². The van der Waals surface area contributed by atoms with Crippen molar-refractivity contribution in [3.8, 4) is 0 Å². The van der Waals surface area contributed by atoms with Crippen LogP contribution in [0.4, 0.5) is 10.1 Å². The fourth-order valence-electron chi connectivity index (χ4n) is 5.06. The largest absolute Gasteiger partial charge is 0.370 e. The molecule has 0 radical (unpaired) electrons. The van der Waals surface area contributed by atoms with Crippen molar-refractivity contribution < 1.29 is 9.18 Å². The van der Waals surface area contributed by atoms with E-state index in [0.29, 0.717) is 18.4 Å². The molecular formula is C26H34FN3O. The zero-order chi connectivity index (χ0) is 22.0. The minimum absolute atomic E-state index is 0.0347. The number of piperidine rings is 1. The molecule has 1 N–H and O–H groups in total. The van der Waals surface area contributed by atoms with E-state index in [1.165, 1.54) is 24.2 Å². The third-order valence-corrected chi connectivity index (χ3v) is 7.59. The van der Waals surface area contributed by atoms with Gasteiger partial charge < -0.3 is 15.1 Å². The van der Waals surface area contributed by atoms with E-state index in [1.807, 2.05) is 24.1 Å². The summed E-state index contributed by atoms with van der Waals surface area (Å²) in [5, 5.41) is 3.35. The molecule has 4 nitrogen and oxygen atoms in total. The lowest BCUT2D eigenvalue weighted by Gasteiger charge is -2.45. The number of likely N-dealkylation sites (N-methyl/N-ethyl adjacent to an activating group) is 1. The molecule has 4 rings (SSSR count). The van der Waals surface area contributed by atoms with Crippen molar-refractivity contribution in [2.75, 3.05) is 38.1 Å². The predicted molar refractivity (Wildman–Crippen MR) is 124 cm³/mol. The first-order chi connectivity index (χ1) is 14.9. The van der Waals surface area contributed by atoms with Crippen molar-refractivity contribution in [3.63, 3.8) is 0 Å². The Morgan fingerprint density at radius 2 is 1.81 bits per heavy atom. The molecular weight excluding hydrogens is 389 g/mol. The molecule has 31 heavy (non-hydrogen) atoms. The maximum atomic E-state index is 13.3. The molecule has 2 aliphatic heterocycles. The van der Waals surface area contributed by atoms with Crippen LogP contribution < -0.4 is 10.2 Å². The number of nitrogens with zero attached hydrogens (tertiary/aromatic N) is 2. The zero-order valence-electron chi connectivity index (χ0n) is 18.9. The van der Waals surface area contributed by atoms with Gasteiger partial charge in [0.15, 0.2) is 0 Å². The highest BCUT2D eigenvalue weighted by molar-refractivity contribution is 5.79. The molecule has 166 valence electrons. The molecule has 2 heterocycles. The fourth-order valence-corrected chi connectivity index (χ4v) is 5.06. The minimum Gasteiger partial charge on any atom is -0.370 e. The van der Waals surface area contributed by atoms with Crippen molar-refractivity contribution in [2.45, 2.75) is 44.6 Å². The van der Waals surface area contributed by atoms with E-state index in [0.717, 1.165) is 43.7 Å². The summed E-state index contributed by atoms with van der Waals surface area (Å²) in [6, 6.07) is 15.9. The summed E-state index contributed by atoms with van der Waals surface area (Å²) in [6.07, 6.45) is 2.51. The second-order valence-corrected chi connectivity index (χ2v) is 9.48. The van der Waals surface area contributed by atoms with Crippen molar-refractivity contribution in [1.82, 2.24) is 10.2 Å². The van der Waals surface area contributed by atoms with Crippen LogP contribution in [0.25, 0.3) is 0 Å². The van der Waals surface area contributed by atoms with E-state index in [4.69, 9.17) is 0 Å². The highest BCUT2D eigenvalue weighted by Crippen LogP contribution is 2.39. The van der Waals surface area contributed by atoms with E-state index < -0.39 is 0 Å². The summed E-state index contributed by atoms with van der Waals surface area (Å²) in [5.74, 6) is 0.302. The van der Waals surface area contributed by atoms with Crippen LogP contribution in [-0.4, -0.2) is 50.1 Å². The number of carbonyl (C=O) groups excluding carboxylic acids is 1. The number of amides is 1. The highest BCUT2D eigenvalue weighted by Gasteiger charge is 2.39. The minimum atomic E-state index is -0.204. The van der Waals surface area contributed by atoms with Gasteiger partial charge >= 0.3 is 0 Å². The maximum Gasteiger partial charge on any atom is 0.226 e. The summed E-state index contributed by atoms with van der Waals surface area (Å²) >= 11 is 0. The molecule has 3 atom stereocenters. The topological polar surface area (TPSA) is 35.6 Å². The quantitative estimate of drug-likeness (QED) is 0.790. The molecule has 0 saturated carbocycles. The Morgan fingerprint density at radius 3 is 2.42 bits per heavy atom. The lowest BCUT2D eigenvalue weighted by molar-refractivity contribution is -0.133. The number of carbonyl (C=O) groups is 1. The van der Waals surface area contributed by atoms with Gasteiger partial charge in [0.05, 0.1) is 6.42 Å². The molecule has 2 aromatic rings. The lowest BCUT2D eigenvalue weighted by Crippen LogP contribution is -2.49. The number of nitrogens with one attached hydrogen (secondary N) is 1. The molecule has 0 bridgehead atoms. The molecule has 2 saturated heterocycles. The Kier molecular flexibility index (Phi) is 6.33. The second kappa shape index (κ2) is 8.99. The first-order valence-electron chi connectivity index (χ1n) is 11.4. The zero-order valence-corrected chi connectivity index (χ0v) is 18.9. The van der Waals surface area contributed by atoms with Crippen molar-refractivity contribution in [3.05, 3.63) is 65.5 Å². The molecule has 0 spiro atoms. The van der Waals surface area contributed by atoms with Crippen LogP contribution in [0.2, 0.25) is 0 Å². The van der Waals surface area contributed by atoms with Crippen LogP contribution in [0.5, 0.6) is 0 Å². The molecule has 3 unspecified atom stereocenters. The van der Waals surface area contributed by atoms with Gasteiger partial charge in [-0.3, -0.25) is 4.79 Å². The van der Waals surface area contributed by atoms with Gasteiger partial charge in [-0.1, -0.05) is 38.1 Å². The van der Waals surface area contributed by atoms with Gasteiger partial charge in [0.25, 0.3) is 0 Å². The summed E-state index contributed by atoms with van der Waals surface area (Å²) < 4.78 is 13.3. The smallest absolute Gasteiger partial charge is 0.226 e. The van der Waals surface area contributed by atoms with Crippen LogP contribution in [-0.2, 0) is 16.6 Å². The average Bonchev–Trinajstić information content (AvgIpc) is 3.26. The Bertz CT molecular complexity index is 898. The predicted octanol–water partition coefficient (Wildman–Crippen LogP) is 3.99. The van der Waals surface area contributed by atoms with E-state index >= 15 is 0 Å². The van der Waals surface area contributed by atoms with Gasteiger partial charge in [-0.2, -0.15) is 0 Å². The SMILES string of the molecule is CNC1CCN(c2ccc(CC(=O)N3CCC(C)(c4ccc(F)cc4)C(C)C3)cc2)C1. The van der Waals surface area contributed by atoms with Crippen LogP contribution in [0.1, 0.15) is 37.8 Å². The number of rotatable bonds is 5. The summed E-state index contributed by atoms with van der Waals surface area (Å²) in [7, 11) is 2.02. The molecule has 0 aliphatic carbocycles. The van der Waals surface area contributed by atoms with Gasteiger partial charge in [0.1, 0.15) is 5.82 Å². The van der Waals surface area contributed by atoms with Crippen LogP contribution >= 0.6 is 0 Å². The van der Waals surface area contributed by atoms with E-state index in [-0.39, 0.29) is 17.1 Å². The number of hydrogen-bond donors (Lipinski definition) is 1. The van der Waals surface area contributed by atoms with Gasteiger partial charge in [-0.05, 0) is 66.6 Å². The monoisotopic (exact) mass is 423 g/mol. The Labute approximate surface area is 185 Å². The third-order valence-electron chi connectivity index (χ3n) is 7.59. The van der Waals surface area contributed by atoms with Crippen molar-refractivity contribution in [1.29, 1.82) is 0 Å². The molecule has 0 aromatic heterocycles. The van der Waals surface area contributed by atoms with Crippen LogP contribution in [0.3, 0.4) is 0 Å². The van der Waals surface area contributed by atoms with Gasteiger partial charge in [-0.25, -0.2) is 4.39 Å². The fraction of sp³-hybridized carbons (Fsp3) is 0.500. The van der Waals surface area contributed by atoms with Crippen molar-refractivity contribution >= 4 is 11.6 Å². The molecule has 1 amide bonds. The first-order valence-corrected chi connectivity index (χ1v) is 11.4. The van der Waals surface area contributed by atoms with Crippen LogP contribution in [0, 0.1) is 11.7 Å². The van der Waals surface area contributed by atoms with Crippen LogP contribution in [0.15, 0.2) is 48.5 Å². The average molecular weight is 424 g/mol. The number of anilines is 1. The number of likely N-dealkylation sites (tertiary alicyclic amines) is 1. The number of halogens is 1. The number of hydrogen-bond acceptors (Lipinski definition) is 3. The summed E-state index contributed by atoms with van der Waals surface area (Å²) in [4.78, 5) is 17.4. The standard InChI is InChI=1S/C26H34FN3O/c1-19-17-30(15-13-26(19,2)21-6-8-22(27)9-7-21)25(31)16-20-4-10-24(11-5-20)29-14-12-23(18-29)28-3/h4-11,19,23,28H,12-18H2,1-3H3. The number of benzene rings is 2. The highest BCUT2D eigenvalue weighted by atomic mass is 19.1. The van der Waals surface area contributed by atoms with E-state index in [1.54, 1.807) is 0 Å². The lowest BCUT2D eigenvalue weighted by atomic mass is 9.68. The van der Waals surface area contributed by atoms with Crippen molar-refractivity contribution in [2.24, 2.45) is 5.92 Å². The molecule has 5 heteroatoms. The Morgan fingerprint density at radius 1 is 1.10 bits per heavy atom. The Balaban J connectivity index is 1.35. The van der Waals surface area contributed by atoms with E-state index in [9.17, 15) is 9.18 Å². The second-order valence-electron chi connectivity index (χ2n) is 9.48.